The van der Waals surface area contributed by atoms with Gasteiger partial charge >= 0.3 is 0 Å². The van der Waals surface area contributed by atoms with E-state index in [9.17, 15) is 8.42 Å². The quantitative estimate of drug-likeness (QED) is 0.797. The van der Waals surface area contributed by atoms with Crippen molar-refractivity contribution in [3.63, 3.8) is 0 Å². The van der Waals surface area contributed by atoms with Gasteiger partial charge in [-0.05, 0) is 25.1 Å². The molecule has 21 heavy (non-hydrogen) atoms. The first-order chi connectivity index (χ1) is 9.87. The summed E-state index contributed by atoms with van der Waals surface area (Å²) in [4.78, 5) is 6.53. The Morgan fingerprint density at radius 1 is 1.19 bits per heavy atom. The molecule has 7 heteroatoms. The fraction of sp³-hybridized carbons (Fsp3) is 0.357. The van der Waals surface area contributed by atoms with E-state index in [2.05, 4.69) is 9.88 Å². The van der Waals surface area contributed by atoms with Crippen LogP contribution in [0.4, 0.5) is 5.69 Å². The standard InChI is InChI=1S/C14H14Cl2N2O2S/c1-9-8-12(18-4-6-21(19,20)7-5-18)10-2-3-11(15)13(16)14(10)17-9/h2-3,8H,4-7H2,1H3. The zero-order valence-electron chi connectivity index (χ0n) is 11.4. The van der Waals surface area contributed by atoms with Gasteiger partial charge in [-0.25, -0.2) is 8.42 Å². The monoisotopic (exact) mass is 344 g/mol. The lowest BCUT2D eigenvalue weighted by Gasteiger charge is -2.30. The smallest absolute Gasteiger partial charge is 0.153 e. The molecule has 1 aliphatic rings. The highest BCUT2D eigenvalue weighted by atomic mass is 35.5. The molecule has 1 aromatic carbocycles. The van der Waals surface area contributed by atoms with Crippen LogP contribution in [0.25, 0.3) is 10.9 Å². The van der Waals surface area contributed by atoms with Crippen molar-refractivity contribution < 1.29 is 8.42 Å². The van der Waals surface area contributed by atoms with Crippen LogP contribution in [-0.4, -0.2) is 38.0 Å². The second-order valence-corrected chi connectivity index (χ2v) is 8.27. The molecule has 0 N–H and O–H groups in total. The summed E-state index contributed by atoms with van der Waals surface area (Å²) in [5, 5.41) is 1.80. The summed E-state index contributed by atoms with van der Waals surface area (Å²) < 4.78 is 23.2. The maximum atomic E-state index is 11.6. The van der Waals surface area contributed by atoms with Crippen LogP contribution in [0, 0.1) is 6.92 Å². The molecule has 4 nitrogen and oxygen atoms in total. The highest BCUT2D eigenvalue weighted by molar-refractivity contribution is 7.91. The van der Waals surface area contributed by atoms with Crippen molar-refractivity contribution in [3.8, 4) is 0 Å². The summed E-state index contributed by atoms with van der Waals surface area (Å²) in [6.07, 6.45) is 0. The van der Waals surface area contributed by atoms with Crippen LogP contribution in [0.3, 0.4) is 0 Å². The number of pyridine rings is 1. The molecule has 0 amide bonds. The van der Waals surface area contributed by atoms with Crippen molar-refractivity contribution in [1.82, 2.24) is 4.98 Å². The highest BCUT2D eigenvalue weighted by Crippen LogP contribution is 2.35. The molecule has 1 aliphatic heterocycles. The molecule has 0 aliphatic carbocycles. The molecule has 0 saturated carbocycles. The Hall–Kier alpha value is -1.04. The van der Waals surface area contributed by atoms with E-state index in [0.29, 0.717) is 28.7 Å². The largest absolute Gasteiger partial charge is 0.369 e. The lowest BCUT2D eigenvalue weighted by atomic mass is 10.1. The van der Waals surface area contributed by atoms with Crippen LogP contribution in [0.5, 0.6) is 0 Å². The molecule has 1 saturated heterocycles. The molecular weight excluding hydrogens is 331 g/mol. The number of fused-ring (bicyclic) bond motifs is 1. The first kappa shape index (κ1) is 14.9. The average Bonchev–Trinajstić information content (AvgIpc) is 2.43. The fourth-order valence-electron chi connectivity index (χ4n) is 2.56. The van der Waals surface area contributed by atoms with Gasteiger partial charge in [0, 0.05) is 29.9 Å². The molecule has 0 spiro atoms. The van der Waals surface area contributed by atoms with Crippen molar-refractivity contribution in [2.24, 2.45) is 0 Å². The maximum absolute atomic E-state index is 11.6. The Morgan fingerprint density at radius 3 is 2.52 bits per heavy atom. The third-order valence-electron chi connectivity index (χ3n) is 3.66. The fourth-order valence-corrected chi connectivity index (χ4v) is 4.12. The minimum absolute atomic E-state index is 0.178. The summed E-state index contributed by atoms with van der Waals surface area (Å²) in [5.41, 5.74) is 2.45. The molecule has 2 aromatic rings. The molecule has 1 aromatic heterocycles. The number of aryl methyl sites for hydroxylation is 1. The number of nitrogens with zero attached hydrogens (tertiary/aromatic N) is 2. The zero-order valence-corrected chi connectivity index (χ0v) is 13.8. The van der Waals surface area contributed by atoms with E-state index in [1.54, 1.807) is 6.07 Å². The van der Waals surface area contributed by atoms with Crippen molar-refractivity contribution >= 4 is 49.6 Å². The lowest BCUT2D eigenvalue weighted by molar-refractivity contribution is 0.587. The lowest BCUT2D eigenvalue weighted by Crippen LogP contribution is -2.40. The summed E-state index contributed by atoms with van der Waals surface area (Å²) in [5.74, 6) is 0.356. The predicted molar refractivity (Wildman–Crippen MR) is 87.4 cm³/mol. The van der Waals surface area contributed by atoms with Crippen LogP contribution >= 0.6 is 23.2 Å². The van der Waals surface area contributed by atoms with Gasteiger partial charge in [-0.3, -0.25) is 4.98 Å². The van der Waals surface area contributed by atoms with Gasteiger partial charge in [0.25, 0.3) is 0 Å². The van der Waals surface area contributed by atoms with Crippen molar-refractivity contribution in [2.75, 3.05) is 29.5 Å². The van der Waals surface area contributed by atoms with Crippen LogP contribution in [0.15, 0.2) is 18.2 Å². The van der Waals surface area contributed by atoms with Gasteiger partial charge in [-0.2, -0.15) is 0 Å². The van der Waals surface area contributed by atoms with E-state index in [0.717, 1.165) is 16.8 Å². The third-order valence-corrected chi connectivity index (χ3v) is 6.07. The number of sulfone groups is 1. The van der Waals surface area contributed by atoms with Crippen LogP contribution in [0.2, 0.25) is 10.0 Å². The molecule has 112 valence electrons. The van der Waals surface area contributed by atoms with Crippen molar-refractivity contribution in [3.05, 3.63) is 33.9 Å². The third kappa shape index (κ3) is 2.82. The Kier molecular flexibility index (Phi) is 3.76. The summed E-state index contributed by atoms with van der Waals surface area (Å²) in [6.45, 7) is 2.86. The SMILES string of the molecule is Cc1cc(N2CCS(=O)(=O)CC2)c2ccc(Cl)c(Cl)c2n1. The Balaban J connectivity index is 2.13. The summed E-state index contributed by atoms with van der Waals surface area (Å²) in [6, 6.07) is 5.59. The van der Waals surface area contributed by atoms with Gasteiger partial charge in [0.2, 0.25) is 0 Å². The van der Waals surface area contributed by atoms with Crippen molar-refractivity contribution in [2.45, 2.75) is 6.92 Å². The van der Waals surface area contributed by atoms with Gasteiger partial charge in [-0.15, -0.1) is 0 Å². The molecule has 0 unspecified atom stereocenters. The van der Waals surface area contributed by atoms with E-state index in [-0.39, 0.29) is 11.5 Å². The Morgan fingerprint density at radius 2 is 1.86 bits per heavy atom. The molecular formula is C14H14Cl2N2O2S. The molecule has 0 bridgehead atoms. The minimum atomic E-state index is -2.91. The first-order valence-electron chi connectivity index (χ1n) is 6.58. The normalized spacial score (nSPS) is 18.1. The summed E-state index contributed by atoms with van der Waals surface area (Å²) in [7, 11) is -2.91. The molecule has 1 fully saturated rings. The topological polar surface area (TPSA) is 50.3 Å². The highest BCUT2D eigenvalue weighted by Gasteiger charge is 2.23. The van der Waals surface area contributed by atoms with Gasteiger partial charge in [-0.1, -0.05) is 23.2 Å². The van der Waals surface area contributed by atoms with Gasteiger partial charge in [0.1, 0.15) is 0 Å². The molecule has 0 radical (unpaired) electrons. The Labute approximate surface area is 133 Å². The van der Waals surface area contributed by atoms with Gasteiger partial charge < -0.3 is 4.90 Å². The Bertz CT molecular complexity index is 807. The number of rotatable bonds is 1. The molecule has 2 heterocycles. The van der Waals surface area contributed by atoms with E-state index < -0.39 is 9.84 Å². The average molecular weight is 345 g/mol. The number of hydrogen-bond donors (Lipinski definition) is 0. The van der Waals surface area contributed by atoms with E-state index in [4.69, 9.17) is 23.2 Å². The maximum Gasteiger partial charge on any atom is 0.153 e. The van der Waals surface area contributed by atoms with Crippen molar-refractivity contribution in [1.29, 1.82) is 0 Å². The minimum Gasteiger partial charge on any atom is -0.369 e. The van der Waals surface area contributed by atoms with Crippen LogP contribution < -0.4 is 4.90 Å². The number of benzene rings is 1. The number of hydrogen-bond acceptors (Lipinski definition) is 4. The first-order valence-corrected chi connectivity index (χ1v) is 9.16. The second kappa shape index (κ2) is 5.30. The van der Waals surface area contributed by atoms with Gasteiger partial charge in [0.05, 0.1) is 27.1 Å². The molecule has 3 rings (SSSR count). The van der Waals surface area contributed by atoms with E-state index >= 15 is 0 Å². The van der Waals surface area contributed by atoms with E-state index in [1.807, 2.05) is 19.1 Å². The van der Waals surface area contributed by atoms with E-state index in [1.165, 1.54) is 0 Å². The number of anilines is 1. The second-order valence-electron chi connectivity index (χ2n) is 5.18. The van der Waals surface area contributed by atoms with Gasteiger partial charge in [0.15, 0.2) is 9.84 Å². The molecule has 0 atom stereocenters. The van der Waals surface area contributed by atoms with Crippen LogP contribution in [0.1, 0.15) is 5.69 Å². The summed E-state index contributed by atoms with van der Waals surface area (Å²) >= 11 is 12.3. The van der Waals surface area contributed by atoms with Crippen LogP contribution in [-0.2, 0) is 9.84 Å². The number of aromatic nitrogens is 1. The predicted octanol–water partition coefficient (Wildman–Crippen LogP) is 3.08. The number of halogens is 2. The zero-order chi connectivity index (χ0) is 15.2.